The molecule has 3 atom stereocenters. The number of nitrogens with one attached hydrogen (secondary N) is 1. The molecule has 2 aliphatic heterocycles. The van der Waals surface area contributed by atoms with E-state index in [0.29, 0.717) is 22.3 Å². The molecule has 2 aromatic rings. The van der Waals surface area contributed by atoms with Gasteiger partial charge in [0, 0.05) is 30.8 Å². The van der Waals surface area contributed by atoms with E-state index in [0.717, 1.165) is 18.9 Å². The first-order valence-electron chi connectivity index (χ1n) is 8.21. The normalized spacial score (nSPS) is 25.5. The molecular formula is C18H19ClN2O3. The predicted molar refractivity (Wildman–Crippen MR) is 90.7 cm³/mol. The molecular weight excluding hydrogens is 328 g/mol. The van der Waals surface area contributed by atoms with Crippen LogP contribution in [0.15, 0.2) is 41.0 Å². The van der Waals surface area contributed by atoms with Gasteiger partial charge in [0.2, 0.25) is 0 Å². The summed E-state index contributed by atoms with van der Waals surface area (Å²) in [6.45, 7) is 3.32. The summed E-state index contributed by atoms with van der Waals surface area (Å²) in [6, 6.07) is 8.85. The molecule has 2 bridgehead atoms. The standard InChI is InChI=1S/C18H19ClN2O3/c19-14-8-17(23-11-14)24-16-3-1-13(2-4-16)18(22)20-15-7-12-5-6-21(9-12)10-15/h1-4,8,11-12,15H,5-7,9-10H2,(H,20,22)/t12-,15-/m1/s1. The molecule has 2 saturated heterocycles. The monoisotopic (exact) mass is 346 g/mol. The van der Waals surface area contributed by atoms with Crippen LogP contribution >= 0.6 is 11.6 Å². The van der Waals surface area contributed by atoms with Gasteiger partial charge in [0.05, 0.1) is 5.02 Å². The summed E-state index contributed by atoms with van der Waals surface area (Å²) in [6.07, 6.45) is 3.75. The molecule has 1 aromatic carbocycles. The quantitative estimate of drug-likeness (QED) is 0.919. The maximum absolute atomic E-state index is 12.4. The largest absolute Gasteiger partial charge is 0.432 e. The maximum Gasteiger partial charge on any atom is 0.291 e. The number of carbonyl (C=O) groups excluding carboxylic acids is 1. The maximum atomic E-state index is 12.4. The van der Waals surface area contributed by atoms with Crippen molar-refractivity contribution < 1.29 is 13.9 Å². The van der Waals surface area contributed by atoms with Gasteiger partial charge in [-0.25, -0.2) is 0 Å². The number of hydrogen-bond acceptors (Lipinski definition) is 4. The fraction of sp³-hybridized carbons (Fsp3) is 0.389. The molecule has 5 nitrogen and oxygen atoms in total. The molecule has 6 heteroatoms. The summed E-state index contributed by atoms with van der Waals surface area (Å²) in [4.78, 5) is 14.8. The smallest absolute Gasteiger partial charge is 0.291 e. The lowest BCUT2D eigenvalue weighted by molar-refractivity contribution is 0.0909. The minimum atomic E-state index is -0.0323. The topological polar surface area (TPSA) is 54.7 Å². The lowest BCUT2D eigenvalue weighted by Crippen LogP contribution is -2.46. The zero-order chi connectivity index (χ0) is 16.5. The number of benzene rings is 1. The molecule has 2 aliphatic rings. The minimum Gasteiger partial charge on any atom is -0.432 e. The number of hydrogen-bond donors (Lipinski definition) is 1. The molecule has 0 spiro atoms. The van der Waals surface area contributed by atoms with Crippen molar-refractivity contribution >= 4 is 17.5 Å². The first kappa shape index (κ1) is 15.5. The third-order valence-electron chi connectivity index (χ3n) is 4.68. The van der Waals surface area contributed by atoms with E-state index in [9.17, 15) is 4.79 Å². The van der Waals surface area contributed by atoms with Crippen molar-refractivity contribution in [1.29, 1.82) is 0 Å². The summed E-state index contributed by atoms with van der Waals surface area (Å²) in [5.74, 6) is 1.62. The number of carbonyl (C=O) groups is 1. The Labute approximate surface area is 145 Å². The molecule has 0 aliphatic carbocycles. The van der Waals surface area contributed by atoms with Crippen molar-refractivity contribution in [3.63, 3.8) is 0 Å². The van der Waals surface area contributed by atoms with Crippen LogP contribution in [0.4, 0.5) is 0 Å². The highest BCUT2D eigenvalue weighted by Gasteiger charge is 2.32. The van der Waals surface area contributed by atoms with Crippen molar-refractivity contribution in [3.05, 3.63) is 47.2 Å². The van der Waals surface area contributed by atoms with Crippen molar-refractivity contribution in [2.75, 3.05) is 19.6 Å². The lowest BCUT2D eigenvalue weighted by Gasteiger charge is -2.30. The Balaban J connectivity index is 1.36. The Morgan fingerprint density at radius 2 is 2.12 bits per heavy atom. The third-order valence-corrected chi connectivity index (χ3v) is 4.88. The Morgan fingerprint density at radius 3 is 2.83 bits per heavy atom. The number of fused-ring (bicyclic) bond motifs is 2. The average molecular weight is 347 g/mol. The summed E-state index contributed by atoms with van der Waals surface area (Å²) in [5.41, 5.74) is 0.632. The second-order valence-electron chi connectivity index (χ2n) is 6.53. The fourth-order valence-electron chi connectivity index (χ4n) is 3.57. The summed E-state index contributed by atoms with van der Waals surface area (Å²) >= 11 is 5.78. The molecule has 1 aromatic heterocycles. The van der Waals surface area contributed by atoms with Crippen LogP contribution in [0.5, 0.6) is 11.7 Å². The molecule has 0 radical (unpaired) electrons. The molecule has 2 fully saturated rings. The first-order chi connectivity index (χ1) is 11.7. The molecule has 1 amide bonds. The van der Waals surface area contributed by atoms with Crippen LogP contribution < -0.4 is 10.1 Å². The fourth-order valence-corrected chi connectivity index (χ4v) is 3.71. The molecule has 0 saturated carbocycles. The average Bonchev–Trinajstić information content (AvgIpc) is 3.13. The van der Waals surface area contributed by atoms with Crippen LogP contribution in [0.1, 0.15) is 23.2 Å². The molecule has 24 heavy (non-hydrogen) atoms. The van der Waals surface area contributed by atoms with Gasteiger partial charge in [0.25, 0.3) is 11.9 Å². The number of piperidine rings is 1. The Morgan fingerprint density at radius 1 is 1.29 bits per heavy atom. The van der Waals surface area contributed by atoms with Gasteiger partial charge in [-0.05, 0) is 49.6 Å². The molecule has 126 valence electrons. The van der Waals surface area contributed by atoms with Crippen molar-refractivity contribution in [3.8, 4) is 11.7 Å². The van der Waals surface area contributed by atoms with Gasteiger partial charge < -0.3 is 19.4 Å². The lowest BCUT2D eigenvalue weighted by atomic mass is 9.96. The van der Waals surface area contributed by atoms with Gasteiger partial charge in [0.1, 0.15) is 12.0 Å². The highest BCUT2D eigenvalue weighted by Crippen LogP contribution is 2.28. The molecule has 1 unspecified atom stereocenters. The summed E-state index contributed by atoms with van der Waals surface area (Å²) in [7, 11) is 0. The van der Waals surface area contributed by atoms with Gasteiger partial charge >= 0.3 is 0 Å². The van der Waals surface area contributed by atoms with Crippen molar-refractivity contribution in [2.45, 2.75) is 18.9 Å². The van der Waals surface area contributed by atoms with Crippen molar-refractivity contribution in [2.24, 2.45) is 5.92 Å². The number of amides is 1. The van der Waals surface area contributed by atoms with E-state index in [4.69, 9.17) is 20.8 Å². The van der Waals surface area contributed by atoms with Crippen LogP contribution in [0, 0.1) is 5.92 Å². The third kappa shape index (κ3) is 3.42. The Hall–Kier alpha value is -1.98. The van der Waals surface area contributed by atoms with E-state index in [1.165, 1.54) is 25.8 Å². The van der Waals surface area contributed by atoms with Gasteiger partial charge in [0.15, 0.2) is 0 Å². The minimum absolute atomic E-state index is 0.0323. The van der Waals surface area contributed by atoms with Gasteiger partial charge in [-0.1, -0.05) is 11.6 Å². The van der Waals surface area contributed by atoms with E-state index in [1.807, 2.05) is 0 Å². The Bertz CT molecular complexity index is 716. The van der Waals surface area contributed by atoms with E-state index in [-0.39, 0.29) is 11.9 Å². The molecule has 4 rings (SSSR count). The number of nitrogens with zero attached hydrogens (tertiary/aromatic N) is 1. The van der Waals surface area contributed by atoms with Crippen LogP contribution in [0.25, 0.3) is 0 Å². The SMILES string of the molecule is O=C(N[C@@H]1C[C@H]2CCN(C2)C1)c1ccc(Oc2cc(Cl)co2)cc1. The van der Waals surface area contributed by atoms with Crippen LogP contribution in [-0.2, 0) is 0 Å². The van der Waals surface area contributed by atoms with E-state index in [1.54, 1.807) is 30.3 Å². The molecule has 3 heterocycles. The zero-order valence-electron chi connectivity index (χ0n) is 13.2. The predicted octanol–water partition coefficient (Wildman–Crippen LogP) is 3.55. The van der Waals surface area contributed by atoms with Crippen LogP contribution in [0.2, 0.25) is 5.02 Å². The number of rotatable bonds is 4. The summed E-state index contributed by atoms with van der Waals surface area (Å²) < 4.78 is 10.7. The van der Waals surface area contributed by atoms with Crippen molar-refractivity contribution in [1.82, 2.24) is 10.2 Å². The van der Waals surface area contributed by atoms with Gasteiger partial charge in [-0.15, -0.1) is 0 Å². The highest BCUT2D eigenvalue weighted by atomic mass is 35.5. The van der Waals surface area contributed by atoms with E-state index < -0.39 is 0 Å². The molecule has 1 N–H and O–H groups in total. The van der Waals surface area contributed by atoms with E-state index >= 15 is 0 Å². The number of ether oxygens (including phenoxy) is 1. The van der Waals surface area contributed by atoms with Gasteiger partial charge in [-0.3, -0.25) is 4.79 Å². The Kier molecular flexibility index (Phi) is 4.21. The summed E-state index contributed by atoms with van der Waals surface area (Å²) in [5, 5.41) is 3.64. The second-order valence-corrected chi connectivity index (χ2v) is 6.97. The zero-order valence-corrected chi connectivity index (χ0v) is 14.0. The second kappa shape index (κ2) is 6.49. The number of furan rings is 1. The first-order valence-corrected chi connectivity index (χ1v) is 8.59. The van der Waals surface area contributed by atoms with E-state index in [2.05, 4.69) is 10.2 Å². The number of halogens is 1. The van der Waals surface area contributed by atoms with Gasteiger partial charge in [-0.2, -0.15) is 0 Å². The van der Waals surface area contributed by atoms with Crippen LogP contribution in [0.3, 0.4) is 0 Å². The van der Waals surface area contributed by atoms with Crippen LogP contribution in [-0.4, -0.2) is 36.5 Å². The highest BCUT2D eigenvalue weighted by molar-refractivity contribution is 6.30.